The highest BCUT2D eigenvalue weighted by Gasteiger charge is 2.23. The summed E-state index contributed by atoms with van der Waals surface area (Å²) >= 11 is 0. The smallest absolute Gasteiger partial charge is 0.409 e. The molecule has 0 spiro atoms. The van der Waals surface area contributed by atoms with Crippen molar-refractivity contribution in [2.24, 2.45) is 0 Å². The van der Waals surface area contributed by atoms with Crippen LogP contribution >= 0.6 is 0 Å². The number of amides is 2. The fourth-order valence-corrected chi connectivity index (χ4v) is 2.57. The monoisotopic (exact) mass is 356 g/mol. The van der Waals surface area contributed by atoms with Crippen molar-refractivity contribution in [2.45, 2.75) is 6.92 Å². The molecular formula is C17H20N6O3. The van der Waals surface area contributed by atoms with E-state index in [1.165, 1.54) is 6.20 Å². The number of nitrogens with one attached hydrogen (secondary N) is 1. The second kappa shape index (κ2) is 8.24. The molecule has 0 bridgehead atoms. The lowest BCUT2D eigenvalue weighted by Crippen LogP contribution is -2.49. The summed E-state index contributed by atoms with van der Waals surface area (Å²) in [5.74, 6) is 0.679. The van der Waals surface area contributed by atoms with Gasteiger partial charge in [-0.25, -0.2) is 14.8 Å². The summed E-state index contributed by atoms with van der Waals surface area (Å²) in [5, 5.41) is 2.68. The Morgan fingerprint density at radius 2 is 2.00 bits per heavy atom. The molecule has 1 aliphatic heterocycles. The first kappa shape index (κ1) is 17.6. The van der Waals surface area contributed by atoms with Crippen LogP contribution in [0.1, 0.15) is 17.4 Å². The molecule has 3 rings (SSSR count). The molecule has 1 aliphatic rings. The van der Waals surface area contributed by atoms with Gasteiger partial charge in [-0.05, 0) is 19.1 Å². The first-order valence-corrected chi connectivity index (χ1v) is 8.38. The first-order valence-electron chi connectivity index (χ1n) is 8.38. The molecule has 3 heterocycles. The number of hydrogen-bond donors (Lipinski definition) is 1. The maximum absolute atomic E-state index is 12.3. The number of anilines is 2. The van der Waals surface area contributed by atoms with Crippen molar-refractivity contribution < 1.29 is 14.3 Å². The van der Waals surface area contributed by atoms with E-state index in [0.29, 0.717) is 44.4 Å². The van der Waals surface area contributed by atoms with E-state index >= 15 is 0 Å². The molecule has 1 fully saturated rings. The van der Waals surface area contributed by atoms with Gasteiger partial charge in [0.2, 0.25) is 0 Å². The van der Waals surface area contributed by atoms with Gasteiger partial charge in [-0.15, -0.1) is 0 Å². The molecular weight excluding hydrogens is 336 g/mol. The van der Waals surface area contributed by atoms with Gasteiger partial charge in [-0.3, -0.25) is 9.78 Å². The Balaban J connectivity index is 1.63. The molecule has 1 saturated heterocycles. The minimum atomic E-state index is -0.372. The van der Waals surface area contributed by atoms with Crippen molar-refractivity contribution in [2.75, 3.05) is 43.0 Å². The van der Waals surface area contributed by atoms with Crippen LogP contribution in [0.4, 0.5) is 16.4 Å². The Morgan fingerprint density at radius 1 is 1.19 bits per heavy atom. The zero-order valence-corrected chi connectivity index (χ0v) is 14.5. The highest BCUT2D eigenvalue weighted by Crippen LogP contribution is 2.14. The normalized spacial score (nSPS) is 14.0. The molecule has 2 aromatic heterocycles. The summed E-state index contributed by atoms with van der Waals surface area (Å²) in [7, 11) is 0. The summed E-state index contributed by atoms with van der Waals surface area (Å²) in [6.45, 7) is 4.40. The Morgan fingerprint density at radius 3 is 2.69 bits per heavy atom. The van der Waals surface area contributed by atoms with E-state index in [1.807, 2.05) is 4.90 Å². The lowest BCUT2D eigenvalue weighted by atomic mass is 10.3. The summed E-state index contributed by atoms with van der Waals surface area (Å²) in [6, 6.07) is 5.25. The molecule has 26 heavy (non-hydrogen) atoms. The average molecular weight is 356 g/mol. The van der Waals surface area contributed by atoms with E-state index in [0.717, 1.165) is 0 Å². The summed E-state index contributed by atoms with van der Waals surface area (Å²) < 4.78 is 5.01. The largest absolute Gasteiger partial charge is 0.450 e. The predicted molar refractivity (Wildman–Crippen MR) is 95.0 cm³/mol. The van der Waals surface area contributed by atoms with Crippen LogP contribution in [0.5, 0.6) is 0 Å². The molecule has 2 amide bonds. The highest BCUT2D eigenvalue weighted by atomic mass is 16.6. The Bertz CT molecular complexity index is 762. The SMILES string of the molecule is CCOC(=O)N1CCN(c2cncc(C(=O)Nc3ccccn3)n2)CC1. The maximum atomic E-state index is 12.3. The number of carbonyl (C=O) groups is 2. The van der Waals surface area contributed by atoms with Crippen molar-refractivity contribution in [1.82, 2.24) is 19.9 Å². The van der Waals surface area contributed by atoms with Gasteiger partial charge in [0.25, 0.3) is 5.91 Å². The van der Waals surface area contributed by atoms with Gasteiger partial charge in [-0.2, -0.15) is 0 Å². The van der Waals surface area contributed by atoms with Crippen molar-refractivity contribution in [3.8, 4) is 0 Å². The van der Waals surface area contributed by atoms with Gasteiger partial charge in [-0.1, -0.05) is 6.07 Å². The lowest BCUT2D eigenvalue weighted by Gasteiger charge is -2.34. The third kappa shape index (κ3) is 4.24. The third-order valence-corrected chi connectivity index (χ3v) is 3.89. The van der Waals surface area contributed by atoms with Gasteiger partial charge >= 0.3 is 6.09 Å². The van der Waals surface area contributed by atoms with Gasteiger partial charge in [0.15, 0.2) is 0 Å². The summed E-state index contributed by atoms with van der Waals surface area (Å²) in [5.41, 5.74) is 0.209. The minimum absolute atomic E-state index is 0.209. The van der Waals surface area contributed by atoms with Gasteiger partial charge < -0.3 is 19.9 Å². The standard InChI is InChI=1S/C17H20N6O3/c1-2-26-17(25)23-9-7-22(8-10-23)15-12-18-11-13(20-15)16(24)21-14-5-3-4-6-19-14/h3-6,11-12H,2,7-10H2,1H3,(H,19,21,24). The summed E-state index contributed by atoms with van der Waals surface area (Å²) in [6.07, 6.45) is 4.32. The number of rotatable bonds is 4. The van der Waals surface area contributed by atoms with Crippen LogP contribution in [0.3, 0.4) is 0 Å². The molecule has 0 radical (unpaired) electrons. The minimum Gasteiger partial charge on any atom is -0.450 e. The van der Waals surface area contributed by atoms with E-state index in [4.69, 9.17) is 4.74 Å². The van der Waals surface area contributed by atoms with Crippen molar-refractivity contribution >= 4 is 23.6 Å². The van der Waals surface area contributed by atoms with E-state index in [2.05, 4.69) is 20.3 Å². The molecule has 1 N–H and O–H groups in total. The second-order valence-electron chi connectivity index (χ2n) is 5.60. The van der Waals surface area contributed by atoms with Crippen molar-refractivity contribution in [1.29, 1.82) is 0 Å². The lowest BCUT2D eigenvalue weighted by molar-refractivity contribution is 0.102. The van der Waals surface area contributed by atoms with Crippen LogP contribution in [0.25, 0.3) is 0 Å². The molecule has 2 aromatic rings. The Kier molecular flexibility index (Phi) is 5.57. The Labute approximate surface area is 151 Å². The molecule has 0 saturated carbocycles. The number of piperazine rings is 1. The van der Waals surface area contributed by atoms with E-state index in [1.54, 1.807) is 42.4 Å². The van der Waals surface area contributed by atoms with Crippen LogP contribution in [0, 0.1) is 0 Å². The first-order chi connectivity index (χ1) is 12.7. The molecule has 0 atom stereocenters. The van der Waals surface area contributed by atoms with Crippen LogP contribution in [0.2, 0.25) is 0 Å². The van der Waals surface area contributed by atoms with E-state index < -0.39 is 0 Å². The zero-order valence-electron chi connectivity index (χ0n) is 14.5. The number of nitrogens with zero attached hydrogens (tertiary/aromatic N) is 5. The molecule has 0 unspecified atom stereocenters. The highest BCUT2D eigenvalue weighted by molar-refractivity contribution is 6.02. The van der Waals surface area contributed by atoms with Crippen LogP contribution in [-0.2, 0) is 4.74 Å². The van der Waals surface area contributed by atoms with Crippen LogP contribution in [0.15, 0.2) is 36.8 Å². The van der Waals surface area contributed by atoms with Crippen LogP contribution < -0.4 is 10.2 Å². The van der Waals surface area contributed by atoms with Crippen molar-refractivity contribution in [3.05, 3.63) is 42.5 Å². The quantitative estimate of drug-likeness (QED) is 0.884. The molecule has 0 aromatic carbocycles. The van der Waals surface area contributed by atoms with Gasteiger partial charge in [0.1, 0.15) is 17.3 Å². The number of pyridine rings is 1. The zero-order chi connectivity index (χ0) is 18.4. The van der Waals surface area contributed by atoms with Crippen molar-refractivity contribution in [3.63, 3.8) is 0 Å². The topological polar surface area (TPSA) is 101 Å². The van der Waals surface area contributed by atoms with Crippen LogP contribution in [-0.4, -0.2) is 64.6 Å². The Hall–Kier alpha value is -3.23. The summed E-state index contributed by atoms with van der Waals surface area (Å²) in [4.78, 5) is 40.3. The average Bonchev–Trinajstić information content (AvgIpc) is 2.69. The fraction of sp³-hybridized carbons (Fsp3) is 0.353. The van der Waals surface area contributed by atoms with Gasteiger partial charge in [0, 0.05) is 32.4 Å². The molecule has 9 nitrogen and oxygen atoms in total. The molecule has 9 heteroatoms. The van der Waals surface area contributed by atoms with Gasteiger partial charge in [0.05, 0.1) is 19.0 Å². The fourth-order valence-electron chi connectivity index (χ4n) is 2.57. The maximum Gasteiger partial charge on any atom is 0.409 e. The number of carbonyl (C=O) groups excluding carboxylic acids is 2. The third-order valence-electron chi connectivity index (χ3n) is 3.89. The number of hydrogen-bond acceptors (Lipinski definition) is 7. The number of aromatic nitrogens is 3. The van der Waals surface area contributed by atoms with E-state index in [-0.39, 0.29) is 17.7 Å². The molecule has 136 valence electrons. The van der Waals surface area contributed by atoms with E-state index in [9.17, 15) is 9.59 Å². The second-order valence-corrected chi connectivity index (χ2v) is 5.60. The number of ether oxygens (including phenoxy) is 1. The molecule has 0 aliphatic carbocycles. The predicted octanol–water partition coefficient (Wildman–Crippen LogP) is 1.40.